The fourth-order valence-electron chi connectivity index (χ4n) is 3.60. The molecule has 4 atom stereocenters. The lowest BCUT2D eigenvalue weighted by atomic mass is 9.85. The molecule has 1 aromatic carbocycles. The average molecular weight is 450 g/mol. The smallest absolute Gasteiger partial charge is 0.327 e. The highest BCUT2D eigenvalue weighted by molar-refractivity contribution is 5.93. The monoisotopic (exact) mass is 449 g/mol. The lowest BCUT2D eigenvalue weighted by Crippen LogP contribution is -2.59. The molecule has 0 radical (unpaired) electrons. The zero-order valence-corrected chi connectivity index (χ0v) is 19.4. The summed E-state index contributed by atoms with van der Waals surface area (Å²) in [5.74, 6) is -5.17. The maximum absolute atomic E-state index is 13.7. The predicted molar refractivity (Wildman–Crippen MR) is 118 cm³/mol. The van der Waals surface area contributed by atoms with Gasteiger partial charge in [-0.1, -0.05) is 71.4 Å². The van der Waals surface area contributed by atoms with E-state index in [2.05, 4.69) is 5.32 Å². The van der Waals surface area contributed by atoms with Gasteiger partial charge in [-0.15, -0.1) is 0 Å². The van der Waals surface area contributed by atoms with Gasteiger partial charge < -0.3 is 15.3 Å². The number of hydrogen-bond donors (Lipinski definition) is 4. The molecule has 0 saturated carbocycles. The van der Waals surface area contributed by atoms with Crippen LogP contribution in [-0.2, 0) is 25.7 Å². The lowest BCUT2D eigenvalue weighted by Gasteiger charge is -2.38. The van der Waals surface area contributed by atoms with E-state index in [4.69, 9.17) is 0 Å². The van der Waals surface area contributed by atoms with Crippen molar-refractivity contribution in [1.82, 2.24) is 15.7 Å². The molecule has 0 fully saturated rings. The number of nitrogens with one attached hydrogen (secondary N) is 2. The molecule has 0 aliphatic heterocycles. The first-order valence-corrected chi connectivity index (χ1v) is 10.9. The van der Waals surface area contributed by atoms with Gasteiger partial charge in [0.1, 0.15) is 12.1 Å². The first-order valence-electron chi connectivity index (χ1n) is 10.9. The van der Waals surface area contributed by atoms with Crippen molar-refractivity contribution >= 4 is 23.7 Å². The van der Waals surface area contributed by atoms with Crippen molar-refractivity contribution in [2.24, 2.45) is 17.8 Å². The summed E-state index contributed by atoms with van der Waals surface area (Å²) in [6.07, 6.45) is 0.741. The maximum atomic E-state index is 13.7. The Bertz CT molecular complexity index is 783. The summed E-state index contributed by atoms with van der Waals surface area (Å²) >= 11 is 0. The van der Waals surface area contributed by atoms with E-state index in [0.29, 0.717) is 12.0 Å². The van der Waals surface area contributed by atoms with Gasteiger partial charge in [0.15, 0.2) is 0 Å². The molecule has 4 N–H and O–H groups in total. The molecule has 0 spiro atoms. The number of aliphatic carboxylic acids is 1. The van der Waals surface area contributed by atoms with Crippen LogP contribution in [-0.4, -0.2) is 51.0 Å². The summed E-state index contributed by atoms with van der Waals surface area (Å²) in [4.78, 5) is 51.8. The number of nitrogens with zero attached hydrogens (tertiary/aromatic N) is 1. The summed E-state index contributed by atoms with van der Waals surface area (Å²) in [5.41, 5.74) is 2.20. The standard InChI is InChI=1S/C23H35N3O6/c1-6-15(5)19(24-17(27)7-2)22(29)26(13-16-11-9-8-10-12-16)20(23(30)31)18(14(3)4)21(28)25-32/h8-12,14-15,18-20,32H,6-7,13H2,1-5H3,(H,24,27)(H,25,28)(H,30,31)/t15-,18+,19-,20-/m0/s1. The molecule has 0 heterocycles. The van der Waals surface area contributed by atoms with Gasteiger partial charge in [0.2, 0.25) is 17.7 Å². The van der Waals surface area contributed by atoms with Crippen LogP contribution in [0.3, 0.4) is 0 Å². The zero-order valence-electron chi connectivity index (χ0n) is 19.4. The van der Waals surface area contributed by atoms with Gasteiger partial charge in [-0.3, -0.25) is 19.6 Å². The SMILES string of the molecule is CCC(=O)N[C@H](C(=O)N(Cc1ccccc1)[C@H](C(=O)O)[C@H](C(=O)NO)C(C)C)[C@@H](C)CC. The molecule has 3 amide bonds. The third kappa shape index (κ3) is 7.05. The third-order valence-electron chi connectivity index (χ3n) is 5.66. The molecule has 0 bridgehead atoms. The van der Waals surface area contributed by atoms with Gasteiger partial charge in [0.25, 0.3) is 0 Å². The maximum Gasteiger partial charge on any atom is 0.327 e. The number of carboxylic acids is 1. The van der Waals surface area contributed by atoms with Crippen molar-refractivity contribution in [3.63, 3.8) is 0 Å². The minimum Gasteiger partial charge on any atom is -0.480 e. The average Bonchev–Trinajstić information content (AvgIpc) is 2.78. The minimum atomic E-state index is -1.56. The third-order valence-corrected chi connectivity index (χ3v) is 5.66. The summed E-state index contributed by atoms with van der Waals surface area (Å²) in [6, 6.07) is 6.31. The van der Waals surface area contributed by atoms with Crippen LogP contribution in [0.1, 0.15) is 53.0 Å². The molecule has 9 nitrogen and oxygen atoms in total. The van der Waals surface area contributed by atoms with Crippen LogP contribution < -0.4 is 10.8 Å². The van der Waals surface area contributed by atoms with Crippen molar-refractivity contribution in [3.05, 3.63) is 35.9 Å². The number of rotatable bonds is 12. The van der Waals surface area contributed by atoms with E-state index in [1.807, 2.05) is 6.92 Å². The van der Waals surface area contributed by atoms with E-state index in [1.165, 1.54) is 5.48 Å². The van der Waals surface area contributed by atoms with Crippen LogP contribution >= 0.6 is 0 Å². The van der Waals surface area contributed by atoms with Gasteiger partial charge in [-0.05, 0) is 17.4 Å². The molecule has 32 heavy (non-hydrogen) atoms. The highest BCUT2D eigenvalue weighted by Gasteiger charge is 2.44. The Morgan fingerprint density at radius 3 is 2.06 bits per heavy atom. The van der Waals surface area contributed by atoms with E-state index in [1.54, 1.807) is 58.0 Å². The van der Waals surface area contributed by atoms with Crippen LogP contribution in [0.5, 0.6) is 0 Å². The zero-order chi connectivity index (χ0) is 24.4. The normalized spacial score (nSPS) is 14.7. The van der Waals surface area contributed by atoms with Crippen LogP contribution in [0.4, 0.5) is 0 Å². The Hall–Kier alpha value is -2.94. The van der Waals surface area contributed by atoms with E-state index in [9.17, 15) is 29.5 Å². The second-order valence-electron chi connectivity index (χ2n) is 8.26. The molecular weight excluding hydrogens is 414 g/mol. The quantitative estimate of drug-likeness (QED) is 0.285. The predicted octanol–water partition coefficient (Wildman–Crippen LogP) is 2.19. The van der Waals surface area contributed by atoms with E-state index in [0.717, 1.165) is 4.90 Å². The van der Waals surface area contributed by atoms with Crippen LogP contribution in [0.15, 0.2) is 30.3 Å². The Morgan fingerprint density at radius 1 is 1.03 bits per heavy atom. The summed E-state index contributed by atoms with van der Waals surface area (Å²) in [7, 11) is 0. The largest absolute Gasteiger partial charge is 0.480 e. The summed E-state index contributed by atoms with van der Waals surface area (Å²) in [5, 5.41) is 22.0. The van der Waals surface area contributed by atoms with Crippen LogP contribution in [0.25, 0.3) is 0 Å². The molecular formula is C23H35N3O6. The number of hydrogen-bond acceptors (Lipinski definition) is 5. The number of carboxylic acid groups (broad SMARTS) is 1. The molecule has 0 aliphatic carbocycles. The number of carbonyl (C=O) groups excluding carboxylic acids is 3. The lowest BCUT2D eigenvalue weighted by molar-refractivity contribution is -0.160. The van der Waals surface area contributed by atoms with E-state index < -0.39 is 41.7 Å². The van der Waals surface area contributed by atoms with Gasteiger partial charge in [-0.2, -0.15) is 0 Å². The number of amides is 3. The van der Waals surface area contributed by atoms with Crippen LogP contribution in [0.2, 0.25) is 0 Å². The van der Waals surface area contributed by atoms with Crippen molar-refractivity contribution in [3.8, 4) is 0 Å². The molecule has 0 unspecified atom stereocenters. The Kier molecular flexibility index (Phi) is 10.8. The molecule has 178 valence electrons. The highest BCUT2D eigenvalue weighted by Crippen LogP contribution is 2.25. The molecule has 0 saturated heterocycles. The van der Waals surface area contributed by atoms with Gasteiger partial charge in [-0.25, -0.2) is 10.3 Å². The van der Waals surface area contributed by atoms with Crippen molar-refractivity contribution < 1.29 is 29.5 Å². The number of benzene rings is 1. The molecule has 9 heteroatoms. The Balaban J connectivity index is 3.58. The van der Waals surface area contributed by atoms with Gasteiger partial charge in [0.05, 0.1) is 5.92 Å². The van der Waals surface area contributed by atoms with E-state index in [-0.39, 0.29) is 24.8 Å². The Morgan fingerprint density at radius 2 is 1.62 bits per heavy atom. The van der Waals surface area contributed by atoms with Gasteiger partial charge in [0, 0.05) is 13.0 Å². The second kappa shape index (κ2) is 12.8. The molecule has 1 aromatic rings. The first kappa shape index (κ1) is 27.1. The minimum absolute atomic E-state index is 0.0759. The fourth-order valence-corrected chi connectivity index (χ4v) is 3.60. The van der Waals surface area contributed by atoms with Crippen molar-refractivity contribution in [2.75, 3.05) is 0 Å². The van der Waals surface area contributed by atoms with E-state index >= 15 is 0 Å². The number of carbonyl (C=O) groups is 4. The molecule has 0 aliphatic rings. The molecule has 0 aromatic heterocycles. The summed E-state index contributed by atoms with van der Waals surface area (Å²) < 4.78 is 0. The Labute approximate surface area is 189 Å². The second-order valence-corrected chi connectivity index (χ2v) is 8.26. The highest BCUT2D eigenvalue weighted by atomic mass is 16.5. The number of hydroxylamine groups is 1. The van der Waals surface area contributed by atoms with Gasteiger partial charge >= 0.3 is 5.97 Å². The molecule has 1 rings (SSSR count). The van der Waals surface area contributed by atoms with Crippen LogP contribution in [0, 0.1) is 17.8 Å². The fraction of sp³-hybridized carbons (Fsp3) is 0.565. The van der Waals surface area contributed by atoms with Crippen molar-refractivity contribution in [1.29, 1.82) is 0 Å². The first-order chi connectivity index (χ1) is 15.1. The van der Waals surface area contributed by atoms with Crippen molar-refractivity contribution in [2.45, 2.75) is 66.1 Å². The summed E-state index contributed by atoms with van der Waals surface area (Å²) in [6.45, 7) is 8.55. The topological polar surface area (TPSA) is 136 Å².